The van der Waals surface area contributed by atoms with E-state index in [1.54, 1.807) is 18.2 Å². The third-order valence-corrected chi connectivity index (χ3v) is 6.30. The van der Waals surface area contributed by atoms with Gasteiger partial charge in [0, 0.05) is 31.0 Å². The number of ether oxygens (including phenoxy) is 3. The normalized spacial score (nSPS) is 14.6. The molecule has 0 bridgehead atoms. The number of hydrogen-bond acceptors (Lipinski definition) is 6. The molecule has 190 valence electrons. The summed E-state index contributed by atoms with van der Waals surface area (Å²) in [7, 11) is 0. The molecule has 0 radical (unpaired) electrons. The number of phenols is 1. The lowest BCUT2D eigenvalue weighted by molar-refractivity contribution is -0.134. The van der Waals surface area contributed by atoms with Gasteiger partial charge < -0.3 is 19.3 Å². The monoisotopic (exact) mass is 482 g/mol. The maximum absolute atomic E-state index is 12.3. The Hall–Kier alpha value is -3.02. The molecule has 3 rings (SSSR count). The average Bonchev–Trinajstić information content (AvgIpc) is 2.82. The standard InChI is InChI=1S/C29H38O6/c1-3-4-5-6-7-8-9-10-11-12-29(32)34-24-16-13-22-14-18-26(35-27(22)20-24)25-17-15-23(31)19-28(25)33-21(2)30/h13,15-17,19-20,26,31H,3-12,14,18H2,1-2H3. The van der Waals surface area contributed by atoms with Gasteiger partial charge in [-0.15, -0.1) is 0 Å². The van der Waals surface area contributed by atoms with Crippen LogP contribution in [0, 0.1) is 0 Å². The van der Waals surface area contributed by atoms with Crippen molar-refractivity contribution in [2.24, 2.45) is 0 Å². The van der Waals surface area contributed by atoms with Gasteiger partial charge in [0.2, 0.25) is 0 Å². The van der Waals surface area contributed by atoms with Crippen LogP contribution in [0.3, 0.4) is 0 Å². The molecule has 0 saturated heterocycles. The van der Waals surface area contributed by atoms with Crippen molar-refractivity contribution in [2.75, 3.05) is 0 Å². The van der Waals surface area contributed by atoms with Crippen molar-refractivity contribution in [1.29, 1.82) is 0 Å². The van der Waals surface area contributed by atoms with Crippen LogP contribution in [0.25, 0.3) is 0 Å². The van der Waals surface area contributed by atoms with Gasteiger partial charge in [-0.2, -0.15) is 0 Å². The Bertz CT molecular complexity index is 983. The highest BCUT2D eigenvalue weighted by atomic mass is 16.5. The summed E-state index contributed by atoms with van der Waals surface area (Å²) >= 11 is 0. The van der Waals surface area contributed by atoms with Gasteiger partial charge in [0.25, 0.3) is 0 Å². The first-order chi connectivity index (χ1) is 17.0. The lowest BCUT2D eigenvalue weighted by Gasteiger charge is -2.27. The highest BCUT2D eigenvalue weighted by Crippen LogP contribution is 2.40. The predicted molar refractivity (Wildman–Crippen MR) is 135 cm³/mol. The van der Waals surface area contributed by atoms with E-state index in [2.05, 4.69) is 6.92 Å². The molecule has 0 saturated carbocycles. The van der Waals surface area contributed by atoms with Gasteiger partial charge >= 0.3 is 11.9 Å². The summed E-state index contributed by atoms with van der Waals surface area (Å²) in [5.74, 6) is 0.731. The SMILES string of the molecule is CCCCCCCCCCCC(=O)Oc1ccc2c(c1)OC(c1ccc(O)cc1OC(C)=O)CC2. The van der Waals surface area contributed by atoms with Crippen LogP contribution >= 0.6 is 0 Å². The zero-order chi connectivity index (χ0) is 25.0. The van der Waals surface area contributed by atoms with Crippen LogP contribution in [0.2, 0.25) is 0 Å². The highest BCUT2D eigenvalue weighted by Gasteiger charge is 2.25. The van der Waals surface area contributed by atoms with E-state index in [0.29, 0.717) is 29.9 Å². The van der Waals surface area contributed by atoms with Crippen LogP contribution in [-0.4, -0.2) is 17.0 Å². The molecule has 1 unspecified atom stereocenters. The smallest absolute Gasteiger partial charge is 0.311 e. The summed E-state index contributed by atoms with van der Waals surface area (Å²) in [6, 6.07) is 10.2. The summed E-state index contributed by atoms with van der Waals surface area (Å²) < 4.78 is 17.0. The fourth-order valence-corrected chi connectivity index (χ4v) is 4.43. The van der Waals surface area contributed by atoms with Crippen LogP contribution in [-0.2, 0) is 16.0 Å². The number of fused-ring (bicyclic) bond motifs is 1. The van der Waals surface area contributed by atoms with Gasteiger partial charge in [-0.1, -0.05) is 64.4 Å². The predicted octanol–water partition coefficient (Wildman–Crippen LogP) is 7.21. The average molecular weight is 483 g/mol. The minimum Gasteiger partial charge on any atom is -0.508 e. The Kier molecular flexibility index (Phi) is 10.5. The first kappa shape index (κ1) is 26.6. The fraction of sp³-hybridized carbons (Fsp3) is 0.517. The van der Waals surface area contributed by atoms with E-state index in [4.69, 9.17) is 14.2 Å². The van der Waals surface area contributed by atoms with Gasteiger partial charge in [-0.3, -0.25) is 9.59 Å². The van der Waals surface area contributed by atoms with E-state index in [1.165, 1.54) is 57.9 Å². The molecule has 6 heteroatoms. The van der Waals surface area contributed by atoms with E-state index >= 15 is 0 Å². The molecule has 6 nitrogen and oxygen atoms in total. The molecule has 0 spiro atoms. The molecule has 1 aliphatic heterocycles. The van der Waals surface area contributed by atoms with E-state index in [1.807, 2.05) is 12.1 Å². The Morgan fingerprint density at radius 2 is 1.66 bits per heavy atom. The molecule has 0 aromatic heterocycles. The number of benzene rings is 2. The molecular weight excluding hydrogens is 444 g/mol. The number of aryl methyl sites for hydroxylation is 1. The van der Waals surface area contributed by atoms with Crippen molar-refractivity contribution in [3.05, 3.63) is 47.5 Å². The van der Waals surface area contributed by atoms with Crippen molar-refractivity contribution in [2.45, 2.75) is 97.0 Å². The van der Waals surface area contributed by atoms with E-state index < -0.39 is 5.97 Å². The molecule has 2 aromatic rings. The summed E-state index contributed by atoms with van der Waals surface area (Å²) in [4.78, 5) is 23.8. The molecule has 1 N–H and O–H groups in total. The second-order valence-corrected chi connectivity index (χ2v) is 9.28. The molecule has 0 aliphatic carbocycles. The lowest BCUT2D eigenvalue weighted by Crippen LogP contribution is -2.17. The Morgan fingerprint density at radius 3 is 2.37 bits per heavy atom. The third-order valence-electron chi connectivity index (χ3n) is 6.30. The summed E-state index contributed by atoms with van der Waals surface area (Å²) in [5.41, 5.74) is 1.73. The van der Waals surface area contributed by atoms with Crippen LogP contribution in [0.15, 0.2) is 36.4 Å². The van der Waals surface area contributed by atoms with Crippen molar-refractivity contribution in [1.82, 2.24) is 0 Å². The minimum absolute atomic E-state index is 0.0161. The van der Waals surface area contributed by atoms with Crippen molar-refractivity contribution in [3.8, 4) is 23.0 Å². The van der Waals surface area contributed by atoms with Crippen LogP contribution < -0.4 is 14.2 Å². The number of phenolic OH excluding ortho intramolecular Hbond substituents is 1. The van der Waals surface area contributed by atoms with Crippen LogP contribution in [0.1, 0.15) is 102 Å². The number of rotatable bonds is 13. The Balaban J connectivity index is 1.49. The lowest BCUT2D eigenvalue weighted by atomic mass is 9.96. The maximum atomic E-state index is 12.3. The fourth-order valence-electron chi connectivity index (χ4n) is 4.43. The zero-order valence-electron chi connectivity index (χ0n) is 21.0. The second kappa shape index (κ2) is 13.8. The molecule has 35 heavy (non-hydrogen) atoms. The molecular formula is C29H38O6. The summed E-state index contributed by atoms with van der Waals surface area (Å²) in [6.07, 6.45) is 12.4. The van der Waals surface area contributed by atoms with Crippen molar-refractivity contribution >= 4 is 11.9 Å². The Labute approximate surface area is 208 Å². The number of hydrogen-bond donors (Lipinski definition) is 1. The molecule has 0 fully saturated rings. The molecule has 1 aliphatic rings. The van der Waals surface area contributed by atoms with Gasteiger partial charge in [-0.05, 0) is 43.0 Å². The first-order valence-electron chi connectivity index (χ1n) is 13.0. The number of aromatic hydroxyl groups is 1. The van der Waals surface area contributed by atoms with Crippen LogP contribution in [0.4, 0.5) is 0 Å². The summed E-state index contributed by atoms with van der Waals surface area (Å²) in [5, 5.41) is 9.79. The second-order valence-electron chi connectivity index (χ2n) is 9.28. The third kappa shape index (κ3) is 8.61. The van der Waals surface area contributed by atoms with Gasteiger partial charge in [0.05, 0.1) is 0 Å². The van der Waals surface area contributed by atoms with E-state index in [0.717, 1.165) is 24.8 Å². The largest absolute Gasteiger partial charge is 0.508 e. The molecule has 1 atom stereocenters. The van der Waals surface area contributed by atoms with Crippen molar-refractivity contribution < 1.29 is 28.9 Å². The van der Waals surface area contributed by atoms with Gasteiger partial charge in [0.1, 0.15) is 29.1 Å². The van der Waals surface area contributed by atoms with Crippen molar-refractivity contribution in [3.63, 3.8) is 0 Å². The topological polar surface area (TPSA) is 82.1 Å². The maximum Gasteiger partial charge on any atom is 0.311 e. The highest BCUT2D eigenvalue weighted by molar-refractivity contribution is 5.72. The van der Waals surface area contributed by atoms with Crippen LogP contribution in [0.5, 0.6) is 23.0 Å². The van der Waals surface area contributed by atoms with E-state index in [-0.39, 0.29) is 23.6 Å². The number of carbonyl (C=O) groups excluding carboxylic acids is 2. The Morgan fingerprint density at radius 1 is 0.943 bits per heavy atom. The number of carbonyl (C=O) groups is 2. The number of unbranched alkanes of at least 4 members (excludes halogenated alkanes) is 8. The number of esters is 2. The zero-order valence-corrected chi connectivity index (χ0v) is 21.0. The molecule has 1 heterocycles. The quantitative estimate of drug-likeness (QED) is 0.184. The summed E-state index contributed by atoms with van der Waals surface area (Å²) in [6.45, 7) is 3.55. The van der Waals surface area contributed by atoms with E-state index in [9.17, 15) is 14.7 Å². The van der Waals surface area contributed by atoms with Gasteiger partial charge in [0.15, 0.2) is 0 Å². The molecule has 0 amide bonds. The minimum atomic E-state index is -0.464. The first-order valence-corrected chi connectivity index (χ1v) is 13.0. The molecule has 2 aromatic carbocycles. The van der Waals surface area contributed by atoms with Gasteiger partial charge in [-0.25, -0.2) is 0 Å².